The zero-order valence-corrected chi connectivity index (χ0v) is 11.8. The van der Waals surface area contributed by atoms with E-state index < -0.39 is 11.2 Å². The van der Waals surface area contributed by atoms with E-state index in [2.05, 4.69) is 4.90 Å². The predicted molar refractivity (Wildman–Crippen MR) is 75.4 cm³/mol. The van der Waals surface area contributed by atoms with E-state index in [0.717, 1.165) is 37.4 Å². The van der Waals surface area contributed by atoms with Gasteiger partial charge >= 0.3 is 0 Å². The number of carbonyl (C=O) groups is 1. The minimum atomic E-state index is -1.19. The van der Waals surface area contributed by atoms with Gasteiger partial charge in [0.2, 0.25) is 0 Å². The van der Waals surface area contributed by atoms with Gasteiger partial charge in [-0.05, 0) is 55.2 Å². The van der Waals surface area contributed by atoms with Crippen molar-refractivity contribution in [2.75, 3.05) is 25.4 Å². The Hall–Kier alpha value is -0.840. The van der Waals surface area contributed by atoms with Crippen LogP contribution in [0.4, 0.5) is 0 Å². The lowest BCUT2D eigenvalue weighted by Gasteiger charge is -2.43. The van der Waals surface area contributed by atoms with E-state index in [1.54, 1.807) is 0 Å². The number of benzene rings is 1. The third-order valence-corrected chi connectivity index (χ3v) is 5.69. The van der Waals surface area contributed by atoms with Crippen LogP contribution in [0, 0.1) is 11.8 Å². The van der Waals surface area contributed by atoms with E-state index in [4.69, 9.17) is 0 Å². The fourth-order valence-corrected chi connectivity index (χ4v) is 4.32. The molecule has 1 aromatic rings. The van der Waals surface area contributed by atoms with Crippen molar-refractivity contribution in [2.45, 2.75) is 17.7 Å². The molecule has 19 heavy (non-hydrogen) atoms. The Morgan fingerprint density at radius 3 is 2.53 bits per heavy atom. The highest BCUT2D eigenvalue weighted by atomic mass is 32.2. The Bertz CT molecular complexity index is 443. The summed E-state index contributed by atoms with van der Waals surface area (Å²) in [6.45, 7) is 3.15. The Labute approximate surface area is 117 Å². The van der Waals surface area contributed by atoms with E-state index in [1.165, 1.54) is 0 Å². The van der Waals surface area contributed by atoms with Gasteiger partial charge < -0.3 is 9.45 Å². The Morgan fingerprint density at radius 2 is 1.95 bits per heavy atom. The van der Waals surface area contributed by atoms with Gasteiger partial charge in [-0.25, -0.2) is 0 Å². The molecular weight excluding hydrogens is 258 g/mol. The van der Waals surface area contributed by atoms with Crippen molar-refractivity contribution in [3.63, 3.8) is 0 Å². The second kappa shape index (κ2) is 5.65. The van der Waals surface area contributed by atoms with Crippen molar-refractivity contribution in [3.05, 3.63) is 30.3 Å². The molecule has 0 saturated carbocycles. The standard InChI is InChI=1S/C15H19NO2S/c17-15(11-19(18)13-4-2-1-3-5-13)14-10-16-8-6-12(14)7-9-16/h1-5,12,14H,6-11H2. The molecular formula is C15H19NO2S. The van der Waals surface area contributed by atoms with E-state index >= 15 is 0 Å². The van der Waals surface area contributed by atoms with Crippen molar-refractivity contribution in [3.8, 4) is 0 Å². The molecule has 3 aliphatic heterocycles. The van der Waals surface area contributed by atoms with Crippen molar-refractivity contribution in [1.29, 1.82) is 0 Å². The Kier molecular flexibility index (Phi) is 3.91. The number of rotatable bonds is 4. The third-order valence-electron chi connectivity index (χ3n) is 4.35. The van der Waals surface area contributed by atoms with Crippen molar-refractivity contribution < 1.29 is 9.35 Å². The second-order valence-corrected chi connectivity index (χ2v) is 6.96. The molecule has 2 unspecified atom stereocenters. The summed E-state index contributed by atoms with van der Waals surface area (Å²) in [6.07, 6.45) is 2.27. The smallest absolute Gasteiger partial charge is 0.186 e. The SMILES string of the molecule is O=C(C[S+]([O-])c1ccccc1)C1CN2CCC1CC2. The first-order valence-electron chi connectivity index (χ1n) is 6.92. The van der Waals surface area contributed by atoms with E-state index in [-0.39, 0.29) is 17.5 Å². The van der Waals surface area contributed by atoms with Crippen LogP contribution in [-0.2, 0) is 16.0 Å². The fraction of sp³-hybridized carbons (Fsp3) is 0.533. The molecule has 4 rings (SSSR count). The normalized spacial score (nSPS) is 31.1. The molecule has 0 amide bonds. The summed E-state index contributed by atoms with van der Waals surface area (Å²) in [5, 5.41) is 0. The molecule has 0 N–H and O–H groups in total. The minimum Gasteiger partial charge on any atom is -0.611 e. The number of hydrogen-bond acceptors (Lipinski definition) is 3. The summed E-state index contributed by atoms with van der Waals surface area (Å²) in [5.74, 6) is 1.02. The summed E-state index contributed by atoms with van der Waals surface area (Å²) in [6, 6.07) is 9.30. The number of carbonyl (C=O) groups excluding carboxylic acids is 1. The van der Waals surface area contributed by atoms with Crippen molar-refractivity contribution >= 4 is 17.0 Å². The topological polar surface area (TPSA) is 43.4 Å². The summed E-state index contributed by atoms with van der Waals surface area (Å²) in [7, 11) is 0. The van der Waals surface area contributed by atoms with Crippen LogP contribution >= 0.6 is 0 Å². The molecule has 4 heteroatoms. The van der Waals surface area contributed by atoms with Gasteiger partial charge in [-0.3, -0.25) is 4.79 Å². The van der Waals surface area contributed by atoms with Crippen LogP contribution in [0.2, 0.25) is 0 Å². The molecule has 0 spiro atoms. The van der Waals surface area contributed by atoms with Crippen LogP contribution in [0.5, 0.6) is 0 Å². The zero-order valence-electron chi connectivity index (χ0n) is 11.0. The highest BCUT2D eigenvalue weighted by Crippen LogP contribution is 2.33. The second-order valence-electron chi connectivity index (χ2n) is 5.51. The number of Topliss-reactive ketones (excluding diaryl/α,β-unsaturated/α-hetero) is 1. The summed E-state index contributed by atoms with van der Waals surface area (Å²) in [5.41, 5.74) is 0. The summed E-state index contributed by atoms with van der Waals surface area (Å²) in [4.78, 5) is 15.5. The zero-order chi connectivity index (χ0) is 13.2. The van der Waals surface area contributed by atoms with Crippen LogP contribution < -0.4 is 0 Å². The van der Waals surface area contributed by atoms with Gasteiger partial charge in [0.1, 0.15) is 0 Å². The van der Waals surface area contributed by atoms with E-state index in [1.807, 2.05) is 30.3 Å². The number of fused-ring (bicyclic) bond motifs is 3. The average Bonchev–Trinajstić information content (AvgIpc) is 2.49. The van der Waals surface area contributed by atoms with Crippen LogP contribution in [0.15, 0.2) is 35.2 Å². The van der Waals surface area contributed by atoms with Gasteiger partial charge in [0.15, 0.2) is 16.4 Å². The van der Waals surface area contributed by atoms with Crippen LogP contribution in [-0.4, -0.2) is 40.6 Å². The molecule has 3 saturated heterocycles. The monoisotopic (exact) mass is 277 g/mol. The maximum absolute atomic E-state index is 12.4. The maximum atomic E-state index is 12.4. The molecule has 0 aliphatic carbocycles. The van der Waals surface area contributed by atoms with Crippen LogP contribution in [0.3, 0.4) is 0 Å². The molecule has 2 bridgehead atoms. The fourth-order valence-electron chi connectivity index (χ4n) is 3.22. The number of hydrogen-bond donors (Lipinski definition) is 0. The number of ketones is 1. The molecule has 102 valence electrons. The predicted octanol–water partition coefficient (Wildman–Crippen LogP) is 1.71. The molecule has 3 heterocycles. The first-order chi connectivity index (χ1) is 9.24. The van der Waals surface area contributed by atoms with Crippen LogP contribution in [0.25, 0.3) is 0 Å². The van der Waals surface area contributed by atoms with E-state index in [0.29, 0.717) is 5.92 Å². The summed E-state index contributed by atoms with van der Waals surface area (Å²) >= 11 is -1.19. The third kappa shape index (κ3) is 2.86. The van der Waals surface area contributed by atoms with Gasteiger partial charge in [0, 0.05) is 12.5 Å². The minimum absolute atomic E-state index is 0.121. The van der Waals surface area contributed by atoms with Crippen LogP contribution in [0.1, 0.15) is 12.8 Å². The molecule has 0 aromatic heterocycles. The van der Waals surface area contributed by atoms with Gasteiger partial charge in [-0.1, -0.05) is 18.2 Å². The molecule has 0 radical (unpaired) electrons. The van der Waals surface area contributed by atoms with Gasteiger partial charge in [-0.2, -0.15) is 0 Å². The maximum Gasteiger partial charge on any atom is 0.186 e. The average molecular weight is 277 g/mol. The van der Waals surface area contributed by atoms with Gasteiger partial charge in [0.05, 0.1) is 0 Å². The van der Waals surface area contributed by atoms with Crippen molar-refractivity contribution in [1.82, 2.24) is 4.90 Å². The highest BCUT2D eigenvalue weighted by Gasteiger charge is 2.39. The Balaban J connectivity index is 1.62. The van der Waals surface area contributed by atoms with Crippen molar-refractivity contribution in [2.24, 2.45) is 11.8 Å². The lowest BCUT2D eigenvalue weighted by molar-refractivity contribution is -0.126. The number of piperidine rings is 3. The molecule has 1 aromatic carbocycles. The lowest BCUT2D eigenvalue weighted by Crippen LogP contribution is -2.51. The number of nitrogens with zero attached hydrogens (tertiary/aromatic N) is 1. The van der Waals surface area contributed by atoms with Gasteiger partial charge in [0.25, 0.3) is 0 Å². The molecule has 2 atom stereocenters. The lowest BCUT2D eigenvalue weighted by atomic mass is 9.77. The van der Waals surface area contributed by atoms with E-state index in [9.17, 15) is 9.35 Å². The highest BCUT2D eigenvalue weighted by molar-refractivity contribution is 7.92. The quantitative estimate of drug-likeness (QED) is 0.787. The molecule has 3 aliphatic rings. The summed E-state index contributed by atoms with van der Waals surface area (Å²) < 4.78 is 12.2. The first-order valence-corrected chi connectivity index (χ1v) is 8.24. The molecule has 3 fully saturated rings. The first kappa shape index (κ1) is 13.2. The largest absolute Gasteiger partial charge is 0.611 e. The van der Waals surface area contributed by atoms with Gasteiger partial charge in [-0.15, -0.1) is 0 Å². The molecule has 3 nitrogen and oxygen atoms in total. The Morgan fingerprint density at radius 1 is 1.26 bits per heavy atom.